The van der Waals surface area contributed by atoms with E-state index in [0.29, 0.717) is 12.2 Å². The van der Waals surface area contributed by atoms with Gasteiger partial charge in [-0.2, -0.15) is 13.2 Å². The predicted octanol–water partition coefficient (Wildman–Crippen LogP) is 3.81. The number of alkyl halides is 3. The number of hydrogen-bond acceptors (Lipinski definition) is 5. The Morgan fingerprint density at radius 3 is 2.35 bits per heavy atom. The molecule has 0 heterocycles. The number of carbonyl (C=O) groups is 2. The van der Waals surface area contributed by atoms with Gasteiger partial charge in [-0.3, -0.25) is 13.9 Å². The lowest BCUT2D eigenvalue weighted by Crippen LogP contribution is -2.48. The number of carbonyl (C=O) groups excluding carboxylic acids is 2. The van der Waals surface area contributed by atoms with Gasteiger partial charge < -0.3 is 15.0 Å². The van der Waals surface area contributed by atoms with E-state index in [9.17, 15) is 31.2 Å². The molecule has 37 heavy (non-hydrogen) atoms. The number of nitrogens with zero attached hydrogens (tertiary/aromatic N) is 2. The van der Waals surface area contributed by atoms with Gasteiger partial charge in [-0.05, 0) is 48.7 Å². The van der Waals surface area contributed by atoms with Crippen LogP contribution in [-0.2, 0) is 32.3 Å². The van der Waals surface area contributed by atoms with Gasteiger partial charge >= 0.3 is 6.18 Å². The van der Waals surface area contributed by atoms with E-state index in [1.165, 1.54) is 25.1 Å². The van der Waals surface area contributed by atoms with Crippen molar-refractivity contribution < 1.29 is 35.9 Å². The SMILES string of the molecule is CCC(C(=O)NC)N(Cc1cccc(OC)c1)C(=O)CCCN(c1cccc(C(F)(F)F)c1)S(C)(=O)=O. The number of hydrogen-bond donors (Lipinski definition) is 1. The zero-order valence-electron chi connectivity index (χ0n) is 21.2. The summed E-state index contributed by atoms with van der Waals surface area (Å²) in [5.41, 5.74) is -0.387. The highest BCUT2D eigenvalue weighted by Crippen LogP contribution is 2.32. The smallest absolute Gasteiger partial charge is 0.416 e. The first-order valence-corrected chi connectivity index (χ1v) is 13.5. The van der Waals surface area contributed by atoms with Crippen molar-refractivity contribution in [3.05, 3.63) is 59.7 Å². The van der Waals surface area contributed by atoms with E-state index in [2.05, 4.69) is 5.32 Å². The number of benzene rings is 2. The van der Waals surface area contributed by atoms with Crippen LogP contribution in [0.5, 0.6) is 5.75 Å². The topological polar surface area (TPSA) is 96.0 Å². The van der Waals surface area contributed by atoms with Crippen molar-refractivity contribution in [2.24, 2.45) is 0 Å². The van der Waals surface area contributed by atoms with Crippen LogP contribution in [0.15, 0.2) is 48.5 Å². The number of nitrogens with one attached hydrogen (secondary N) is 1. The Morgan fingerprint density at radius 1 is 1.11 bits per heavy atom. The summed E-state index contributed by atoms with van der Waals surface area (Å²) in [6.45, 7) is 1.67. The monoisotopic (exact) mass is 543 g/mol. The Bertz CT molecular complexity index is 1190. The molecule has 12 heteroatoms. The van der Waals surface area contributed by atoms with Crippen LogP contribution in [0, 0.1) is 0 Å². The Morgan fingerprint density at radius 2 is 1.78 bits per heavy atom. The average molecular weight is 544 g/mol. The van der Waals surface area contributed by atoms with Gasteiger partial charge in [0, 0.05) is 26.6 Å². The highest BCUT2D eigenvalue weighted by atomic mass is 32.2. The van der Waals surface area contributed by atoms with Gasteiger partial charge in [0.05, 0.1) is 24.6 Å². The zero-order chi connectivity index (χ0) is 27.8. The first-order chi connectivity index (χ1) is 17.3. The van der Waals surface area contributed by atoms with Crippen molar-refractivity contribution in [1.82, 2.24) is 10.2 Å². The molecule has 2 aromatic rings. The van der Waals surface area contributed by atoms with Crippen molar-refractivity contribution in [1.29, 1.82) is 0 Å². The Hall–Kier alpha value is -3.28. The summed E-state index contributed by atoms with van der Waals surface area (Å²) in [7, 11) is -0.946. The van der Waals surface area contributed by atoms with Crippen LogP contribution in [0.1, 0.15) is 37.3 Å². The fourth-order valence-corrected chi connectivity index (χ4v) is 4.85. The minimum absolute atomic E-state index is 0.0287. The van der Waals surface area contributed by atoms with Gasteiger partial charge in [-0.1, -0.05) is 25.1 Å². The third-order valence-electron chi connectivity index (χ3n) is 5.73. The van der Waals surface area contributed by atoms with Gasteiger partial charge in [0.25, 0.3) is 0 Å². The standard InChI is InChI=1S/C25H32F3N3O5S/c1-5-22(24(33)29-2)30(17-18-9-6-12-21(15-18)36-3)23(32)13-8-14-31(37(4,34)35)20-11-7-10-19(16-20)25(26,27)28/h6-7,9-12,15-16,22H,5,8,13-14,17H2,1-4H3,(H,29,33). The van der Waals surface area contributed by atoms with Crippen molar-refractivity contribution in [2.75, 3.05) is 31.3 Å². The Kier molecular flexibility index (Phi) is 10.4. The maximum absolute atomic E-state index is 13.3. The molecule has 0 aliphatic rings. The molecular formula is C25H32F3N3O5S. The van der Waals surface area contributed by atoms with Gasteiger partial charge in [0.2, 0.25) is 21.8 Å². The van der Waals surface area contributed by atoms with Crippen molar-refractivity contribution in [3.8, 4) is 5.75 Å². The number of halogens is 3. The molecule has 0 aliphatic carbocycles. The number of methoxy groups -OCH3 is 1. The summed E-state index contributed by atoms with van der Waals surface area (Å²) in [5, 5.41) is 2.56. The van der Waals surface area contributed by atoms with E-state index in [1.54, 1.807) is 31.2 Å². The zero-order valence-corrected chi connectivity index (χ0v) is 22.0. The van der Waals surface area contributed by atoms with Crippen molar-refractivity contribution in [2.45, 2.75) is 44.9 Å². The number of anilines is 1. The quantitative estimate of drug-likeness (QED) is 0.439. The molecule has 2 amide bonds. The summed E-state index contributed by atoms with van der Waals surface area (Å²) >= 11 is 0. The fraction of sp³-hybridized carbons (Fsp3) is 0.440. The molecule has 2 aromatic carbocycles. The van der Waals surface area contributed by atoms with E-state index >= 15 is 0 Å². The second kappa shape index (κ2) is 12.8. The molecule has 0 aliphatic heterocycles. The van der Waals surface area contributed by atoms with Gasteiger partial charge in [-0.15, -0.1) is 0 Å². The van der Waals surface area contributed by atoms with Crippen molar-refractivity contribution in [3.63, 3.8) is 0 Å². The molecule has 0 saturated heterocycles. The molecule has 1 N–H and O–H groups in total. The van der Waals surface area contributed by atoms with Crippen molar-refractivity contribution >= 4 is 27.5 Å². The third kappa shape index (κ3) is 8.38. The second-order valence-corrected chi connectivity index (χ2v) is 10.3. The van der Waals surface area contributed by atoms with Crippen LogP contribution in [0.2, 0.25) is 0 Å². The summed E-state index contributed by atoms with van der Waals surface area (Å²) < 4.78 is 70.3. The fourth-order valence-electron chi connectivity index (χ4n) is 3.89. The molecule has 0 spiro atoms. The molecule has 0 radical (unpaired) electrons. The number of amides is 2. The van der Waals surface area contributed by atoms with Gasteiger partial charge in [0.15, 0.2) is 0 Å². The van der Waals surface area contributed by atoms with Crippen LogP contribution >= 0.6 is 0 Å². The number of ether oxygens (including phenoxy) is 1. The van der Waals surface area contributed by atoms with Crippen LogP contribution in [0.4, 0.5) is 18.9 Å². The molecule has 0 fully saturated rings. The van der Waals surface area contributed by atoms with Crippen LogP contribution in [-0.4, -0.2) is 58.1 Å². The highest BCUT2D eigenvalue weighted by molar-refractivity contribution is 7.92. The maximum Gasteiger partial charge on any atom is 0.416 e. The first kappa shape index (κ1) is 29.9. The number of sulfonamides is 1. The van der Waals surface area contributed by atoms with E-state index in [4.69, 9.17) is 4.74 Å². The molecule has 1 atom stereocenters. The van der Waals surface area contributed by atoms with Gasteiger partial charge in [0.1, 0.15) is 11.8 Å². The Labute approximate surface area is 215 Å². The molecule has 204 valence electrons. The average Bonchev–Trinajstić information content (AvgIpc) is 2.85. The lowest BCUT2D eigenvalue weighted by molar-refractivity contribution is -0.141. The summed E-state index contributed by atoms with van der Waals surface area (Å²) in [4.78, 5) is 27.2. The second-order valence-electron chi connectivity index (χ2n) is 8.40. The minimum atomic E-state index is -4.63. The molecule has 0 saturated carbocycles. The van der Waals surface area contributed by atoms with E-state index < -0.39 is 33.7 Å². The normalized spacial score (nSPS) is 12.5. The third-order valence-corrected chi connectivity index (χ3v) is 6.93. The lowest BCUT2D eigenvalue weighted by atomic mass is 10.1. The van der Waals surface area contributed by atoms with E-state index in [0.717, 1.165) is 34.3 Å². The molecule has 2 rings (SSSR count). The molecule has 0 aromatic heterocycles. The van der Waals surface area contributed by atoms with Crippen LogP contribution in [0.3, 0.4) is 0 Å². The molecule has 8 nitrogen and oxygen atoms in total. The first-order valence-electron chi connectivity index (χ1n) is 11.6. The number of likely N-dealkylation sites (N-methyl/N-ethyl adjacent to an activating group) is 1. The summed E-state index contributed by atoms with van der Waals surface area (Å²) in [6, 6.07) is 10.3. The van der Waals surface area contributed by atoms with Crippen LogP contribution < -0.4 is 14.4 Å². The van der Waals surface area contributed by atoms with Crippen LogP contribution in [0.25, 0.3) is 0 Å². The predicted molar refractivity (Wildman–Crippen MR) is 135 cm³/mol. The highest BCUT2D eigenvalue weighted by Gasteiger charge is 2.32. The van der Waals surface area contributed by atoms with Gasteiger partial charge in [-0.25, -0.2) is 8.42 Å². The largest absolute Gasteiger partial charge is 0.497 e. The maximum atomic E-state index is 13.3. The Balaban J connectivity index is 2.25. The summed E-state index contributed by atoms with van der Waals surface area (Å²) in [6.07, 6.45) is -3.49. The summed E-state index contributed by atoms with van der Waals surface area (Å²) in [5.74, 6) is -0.154. The molecular weight excluding hydrogens is 511 g/mol. The van der Waals surface area contributed by atoms with E-state index in [-0.39, 0.29) is 37.5 Å². The lowest BCUT2D eigenvalue weighted by Gasteiger charge is -2.31. The van der Waals surface area contributed by atoms with E-state index in [1.807, 2.05) is 0 Å². The minimum Gasteiger partial charge on any atom is -0.497 e. The molecule has 1 unspecified atom stereocenters. The number of rotatable bonds is 12. The molecule has 0 bridgehead atoms.